The average molecular weight is 697 g/mol. The summed E-state index contributed by atoms with van der Waals surface area (Å²) in [5.41, 5.74) is 6.15. The van der Waals surface area contributed by atoms with Gasteiger partial charge in [0, 0.05) is 31.4 Å². The Hall–Kier alpha value is -3.60. The van der Waals surface area contributed by atoms with Crippen molar-refractivity contribution >= 4 is 66.4 Å². The largest absolute Gasteiger partial charge is 0.281 e. The highest BCUT2D eigenvalue weighted by molar-refractivity contribution is 8.15. The molecule has 0 amide bonds. The van der Waals surface area contributed by atoms with Crippen molar-refractivity contribution in [1.29, 1.82) is 0 Å². The number of carbonyl (C=O) groups excluding carboxylic acids is 2. The Kier molecular flexibility index (Phi) is 10.7. The van der Waals surface area contributed by atoms with Gasteiger partial charge in [-0.1, -0.05) is 140 Å². The van der Waals surface area contributed by atoms with Gasteiger partial charge in [-0.15, -0.1) is 0 Å². The van der Waals surface area contributed by atoms with E-state index in [1.54, 1.807) is 0 Å². The van der Waals surface area contributed by atoms with Crippen molar-refractivity contribution in [2.45, 2.75) is 102 Å². The van der Waals surface area contributed by atoms with Crippen molar-refractivity contribution in [3.63, 3.8) is 0 Å². The molecule has 4 heteroatoms. The maximum absolute atomic E-state index is 13.6. The molecule has 2 unspecified atom stereocenters. The molecule has 0 radical (unpaired) electrons. The lowest BCUT2D eigenvalue weighted by Crippen LogP contribution is -2.15. The number of carbonyl (C=O) groups is 2. The third-order valence-electron chi connectivity index (χ3n) is 11.0. The van der Waals surface area contributed by atoms with Gasteiger partial charge in [-0.25, -0.2) is 0 Å². The molecule has 0 fully saturated rings. The Balaban J connectivity index is 1.20. The van der Waals surface area contributed by atoms with Crippen LogP contribution in [0.3, 0.4) is 0 Å². The molecule has 7 rings (SSSR count). The monoisotopic (exact) mass is 696 g/mol. The standard InChI is InChI=1S/C46H48O2S2/c1-5-9-11-29(7-3)21-31-13-15-35-25-37(19-17-33(35)23-31)43-39-27-42-40(28-41(39)49-45(43)47)44(46(48)50-42)38-20-18-34-24-32(14-16-36(34)26-38)22-30(8-4)12-10-6-2/h13-20,23-30H,5-12,21-22H2,1-4H3. The number of hydrogen-bond acceptors (Lipinski definition) is 4. The van der Waals surface area contributed by atoms with E-state index in [-0.39, 0.29) is 10.2 Å². The molecule has 0 aliphatic carbocycles. The SMILES string of the molecule is CCCCC(CC)Cc1ccc2cc(C3=c4cc5c(cc4SC3=O)=C(c3ccc4cc(CC(CC)CCCC)ccc4c3)C(=O)S5)ccc2c1. The topological polar surface area (TPSA) is 34.1 Å². The third-order valence-corrected chi connectivity index (χ3v) is 12.9. The number of fused-ring (bicyclic) bond motifs is 4. The summed E-state index contributed by atoms with van der Waals surface area (Å²) in [5, 5.41) is 6.75. The highest BCUT2D eigenvalue weighted by Crippen LogP contribution is 2.36. The minimum absolute atomic E-state index is 0.0701. The van der Waals surface area contributed by atoms with Crippen molar-refractivity contribution in [2.24, 2.45) is 11.8 Å². The summed E-state index contributed by atoms with van der Waals surface area (Å²) < 4.78 is 0. The Bertz CT molecular complexity index is 2070. The van der Waals surface area contributed by atoms with E-state index in [1.165, 1.54) is 96.8 Å². The lowest BCUT2D eigenvalue weighted by molar-refractivity contribution is -0.106. The molecule has 0 saturated carbocycles. The van der Waals surface area contributed by atoms with Crippen LogP contribution in [0.5, 0.6) is 0 Å². The zero-order valence-corrected chi connectivity index (χ0v) is 31.6. The van der Waals surface area contributed by atoms with Crippen LogP contribution in [0, 0.1) is 11.8 Å². The van der Waals surface area contributed by atoms with E-state index in [4.69, 9.17) is 0 Å². The first-order valence-corrected chi connectivity index (χ1v) is 20.4. The Morgan fingerprint density at radius 3 is 1.30 bits per heavy atom. The van der Waals surface area contributed by atoms with Crippen LogP contribution >= 0.6 is 23.5 Å². The molecule has 0 spiro atoms. The van der Waals surface area contributed by atoms with Crippen molar-refractivity contribution in [3.8, 4) is 0 Å². The molecule has 0 N–H and O–H groups in total. The number of hydrogen-bond donors (Lipinski definition) is 0. The first-order chi connectivity index (χ1) is 24.4. The summed E-state index contributed by atoms with van der Waals surface area (Å²) in [6.07, 6.45) is 12.3. The molecule has 2 nitrogen and oxygen atoms in total. The van der Waals surface area contributed by atoms with Gasteiger partial charge >= 0.3 is 0 Å². The Morgan fingerprint density at radius 2 is 0.900 bits per heavy atom. The number of thioether (sulfide) groups is 2. The highest BCUT2D eigenvalue weighted by Gasteiger charge is 2.29. The third kappa shape index (κ3) is 7.12. The van der Waals surface area contributed by atoms with Gasteiger partial charge in [0.25, 0.3) is 0 Å². The lowest BCUT2D eigenvalue weighted by atomic mass is 9.90. The lowest BCUT2D eigenvalue weighted by Gasteiger charge is -2.15. The van der Waals surface area contributed by atoms with E-state index >= 15 is 0 Å². The molecule has 5 aromatic rings. The summed E-state index contributed by atoms with van der Waals surface area (Å²) in [6, 6.07) is 30.6. The van der Waals surface area contributed by atoms with Crippen molar-refractivity contribution in [2.75, 3.05) is 0 Å². The second kappa shape index (κ2) is 15.3. The van der Waals surface area contributed by atoms with Gasteiger partial charge in [0.2, 0.25) is 10.2 Å². The summed E-state index contributed by atoms with van der Waals surface area (Å²) in [6.45, 7) is 9.14. The van der Waals surface area contributed by atoms with Gasteiger partial charge in [-0.2, -0.15) is 0 Å². The van der Waals surface area contributed by atoms with Gasteiger partial charge in [0.05, 0.1) is 0 Å². The molecule has 2 atom stereocenters. The average Bonchev–Trinajstić information content (AvgIpc) is 3.63. The van der Waals surface area contributed by atoms with Gasteiger partial charge in [-0.05, 0) is 116 Å². The molecule has 2 aliphatic heterocycles. The normalized spacial score (nSPS) is 15.3. The fourth-order valence-electron chi connectivity index (χ4n) is 7.90. The molecule has 5 aromatic carbocycles. The van der Waals surface area contributed by atoms with Crippen LogP contribution in [0.1, 0.15) is 101 Å². The molecule has 256 valence electrons. The Morgan fingerprint density at radius 1 is 0.500 bits per heavy atom. The smallest absolute Gasteiger partial charge is 0.225 e. The van der Waals surface area contributed by atoms with Crippen LogP contribution in [-0.2, 0) is 22.4 Å². The molecule has 0 bridgehead atoms. The predicted molar refractivity (Wildman–Crippen MR) is 214 cm³/mol. The van der Waals surface area contributed by atoms with Crippen LogP contribution in [0.4, 0.5) is 0 Å². The van der Waals surface area contributed by atoms with E-state index in [2.05, 4.69) is 113 Å². The number of rotatable bonds is 14. The number of benzene rings is 5. The van der Waals surface area contributed by atoms with E-state index in [1.807, 2.05) is 0 Å². The van der Waals surface area contributed by atoms with Crippen molar-refractivity contribution < 1.29 is 9.59 Å². The van der Waals surface area contributed by atoms with Gasteiger partial charge < -0.3 is 0 Å². The zero-order chi connectivity index (χ0) is 34.8. The molecular weight excluding hydrogens is 649 g/mol. The minimum Gasteiger partial charge on any atom is -0.281 e. The van der Waals surface area contributed by atoms with E-state index in [0.29, 0.717) is 0 Å². The second-order valence-corrected chi connectivity index (χ2v) is 16.4. The van der Waals surface area contributed by atoms with E-state index < -0.39 is 0 Å². The predicted octanol–water partition coefficient (Wildman–Crippen LogP) is 11.2. The molecule has 2 aliphatic rings. The summed E-state index contributed by atoms with van der Waals surface area (Å²) in [7, 11) is 0. The maximum atomic E-state index is 13.6. The quantitative estimate of drug-likeness (QED) is 0.116. The fourth-order valence-corrected chi connectivity index (χ4v) is 9.85. The van der Waals surface area contributed by atoms with Crippen molar-refractivity contribution in [3.05, 3.63) is 118 Å². The molecule has 50 heavy (non-hydrogen) atoms. The highest BCUT2D eigenvalue weighted by atomic mass is 32.2. The molecule has 0 aromatic heterocycles. The Labute approximate surface area is 305 Å². The number of unbranched alkanes of at least 4 members (excludes halogenated alkanes) is 2. The van der Waals surface area contributed by atoms with E-state index in [0.717, 1.165) is 78.0 Å². The van der Waals surface area contributed by atoms with E-state index in [9.17, 15) is 9.59 Å². The van der Waals surface area contributed by atoms with Crippen LogP contribution in [0.2, 0.25) is 0 Å². The molecular formula is C46H48O2S2. The first-order valence-electron chi connectivity index (χ1n) is 18.8. The summed E-state index contributed by atoms with van der Waals surface area (Å²) >= 11 is 2.58. The summed E-state index contributed by atoms with van der Waals surface area (Å²) in [5.74, 6) is 1.45. The molecule has 0 saturated heterocycles. The van der Waals surface area contributed by atoms with Crippen LogP contribution < -0.4 is 10.4 Å². The maximum Gasteiger partial charge on any atom is 0.225 e. The van der Waals surface area contributed by atoms with Gasteiger partial charge in [-0.3, -0.25) is 9.59 Å². The van der Waals surface area contributed by atoms with Crippen LogP contribution in [0.15, 0.2) is 94.7 Å². The van der Waals surface area contributed by atoms with Crippen LogP contribution in [0.25, 0.3) is 32.7 Å². The fraction of sp³-hybridized carbons (Fsp3) is 0.348. The van der Waals surface area contributed by atoms with Crippen LogP contribution in [-0.4, -0.2) is 10.2 Å². The molecule has 2 heterocycles. The van der Waals surface area contributed by atoms with Gasteiger partial charge in [0.15, 0.2) is 0 Å². The summed E-state index contributed by atoms with van der Waals surface area (Å²) in [4.78, 5) is 29.0. The van der Waals surface area contributed by atoms with Gasteiger partial charge in [0.1, 0.15) is 0 Å². The first kappa shape index (κ1) is 34.8. The minimum atomic E-state index is 0.0701. The van der Waals surface area contributed by atoms with Crippen molar-refractivity contribution in [1.82, 2.24) is 0 Å². The zero-order valence-electron chi connectivity index (χ0n) is 29.9. The second-order valence-electron chi connectivity index (χ2n) is 14.4.